The van der Waals surface area contributed by atoms with E-state index in [9.17, 15) is 18.0 Å². The Bertz CT molecular complexity index is 1270. The summed E-state index contributed by atoms with van der Waals surface area (Å²) in [4.78, 5) is 19.0. The topological polar surface area (TPSA) is 70.0 Å². The highest BCUT2D eigenvalue weighted by atomic mass is 32.2. The molecule has 1 aromatic carbocycles. The number of rotatable bonds is 7. The number of aromatic amines is 1. The zero-order chi connectivity index (χ0) is 25.5. The van der Waals surface area contributed by atoms with Crippen LogP contribution in [0.1, 0.15) is 25.3 Å². The van der Waals surface area contributed by atoms with E-state index in [-0.39, 0.29) is 11.0 Å². The molecular weight excluding hydrogens is 489 g/mol. The summed E-state index contributed by atoms with van der Waals surface area (Å²) in [6.07, 6.45) is -0.688. The summed E-state index contributed by atoms with van der Waals surface area (Å²) in [7, 11) is 1.90. The molecule has 0 spiro atoms. The second kappa shape index (κ2) is 9.59. The minimum absolute atomic E-state index is 0.141. The van der Waals surface area contributed by atoms with Crippen molar-refractivity contribution in [3.8, 4) is 11.4 Å². The third kappa shape index (κ3) is 4.90. The average molecular weight is 519 g/mol. The Morgan fingerprint density at radius 1 is 1.19 bits per heavy atom. The molecule has 5 rings (SSSR count). The van der Waals surface area contributed by atoms with Crippen LogP contribution in [-0.2, 0) is 13.2 Å². The summed E-state index contributed by atoms with van der Waals surface area (Å²) in [6.45, 7) is 6.04. The number of fused-ring (bicyclic) bond motifs is 1. The van der Waals surface area contributed by atoms with Crippen LogP contribution in [0.25, 0.3) is 11.4 Å². The summed E-state index contributed by atoms with van der Waals surface area (Å²) in [6, 6.07) is 9.20. The molecule has 1 N–H and O–H groups in total. The maximum atomic E-state index is 13.0. The van der Waals surface area contributed by atoms with Crippen molar-refractivity contribution in [1.82, 2.24) is 24.6 Å². The monoisotopic (exact) mass is 518 g/mol. The highest BCUT2D eigenvalue weighted by molar-refractivity contribution is 7.99. The fourth-order valence-electron chi connectivity index (χ4n) is 5.45. The molecule has 2 fully saturated rings. The number of nitrogens with zero attached hydrogens (tertiary/aromatic N) is 5. The molecule has 0 bridgehead atoms. The fourth-order valence-corrected chi connectivity index (χ4v) is 6.28. The van der Waals surface area contributed by atoms with Crippen LogP contribution in [0, 0.1) is 5.41 Å². The number of H-pyrrole nitrogens is 1. The van der Waals surface area contributed by atoms with Gasteiger partial charge < -0.3 is 19.4 Å². The first kappa shape index (κ1) is 24.9. The maximum absolute atomic E-state index is 13.0. The normalized spacial score (nSPS) is 22.4. The SMILES string of the molecule is Cn1c(SCCCN2C[C@@H]3N(c4ccc(C(F)(F)F)cc4)CCC3(C)C2)nnc1-c1cc[nH]c(=O)c1. The van der Waals surface area contributed by atoms with Crippen LogP contribution in [0.5, 0.6) is 0 Å². The maximum Gasteiger partial charge on any atom is 0.416 e. The van der Waals surface area contributed by atoms with E-state index in [1.807, 2.05) is 11.6 Å². The molecule has 3 aromatic rings. The summed E-state index contributed by atoms with van der Waals surface area (Å²) in [5.74, 6) is 1.55. The first-order valence-electron chi connectivity index (χ1n) is 12.0. The van der Waals surface area contributed by atoms with Crippen molar-refractivity contribution in [1.29, 1.82) is 0 Å². The van der Waals surface area contributed by atoms with Gasteiger partial charge in [-0.1, -0.05) is 18.7 Å². The number of thioether (sulfide) groups is 1. The van der Waals surface area contributed by atoms with Gasteiger partial charge in [0.25, 0.3) is 0 Å². The van der Waals surface area contributed by atoms with Crippen molar-refractivity contribution >= 4 is 17.4 Å². The Labute approximate surface area is 211 Å². The van der Waals surface area contributed by atoms with Crippen molar-refractivity contribution in [2.24, 2.45) is 12.5 Å². The minimum atomic E-state index is -4.31. The van der Waals surface area contributed by atoms with Gasteiger partial charge in [-0.05, 0) is 49.7 Å². The lowest BCUT2D eigenvalue weighted by Gasteiger charge is -2.30. The molecule has 2 aliphatic heterocycles. The van der Waals surface area contributed by atoms with Crippen molar-refractivity contribution in [2.45, 2.75) is 37.1 Å². The van der Waals surface area contributed by atoms with Gasteiger partial charge in [0.05, 0.1) is 5.56 Å². The van der Waals surface area contributed by atoms with Crippen molar-refractivity contribution in [3.63, 3.8) is 0 Å². The van der Waals surface area contributed by atoms with Gasteiger partial charge in [0, 0.05) is 67.4 Å². The highest BCUT2D eigenvalue weighted by Crippen LogP contribution is 2.44. The van der Waals surface area contributed by atoms with E-state index in [4.69, 9.17) is 0 Å². The first-order chi connectivity index (χ1) is 17.1. The van der Waals surface area contributed by atoms with E-state index >= 15 is 0 Å². The predicted molar refractivity (Wildman–Crippen MR) is 134 cm³/mol. The third-order valence-electron chi connectivity index (χ3n) is 7.36. The number of nitrogens with one attached hydrogen (secondary N) is 1. The van der Waals surface area contributed by atoms with Gasteiger partial charge in [-0.2, -0.15) is 13.2 Å². The molecule has 4 heterocycles. The lowest BCUT2D eigenvalue weighted by molar-refractivity contribution is -0.137. The van der Waals surface area contributed by atoms with Gasteiger partial charge in [-0.25, -0.2) is 0 Å². The molecule has 36 heavy (non-hydrogen) atoms. The number of alkyl halides is 3. The number of aromatic nitrogens is 4. The summed E-state index contributed by atoms with van der Waals surface area (Å²) < 4.78 is 40.8. The lowest BCUT2D eigenvalue weighted by Crippen LogP contribution is -2.37. The van der Waals surface area contributed by atoms with Gasteiger partial charge in [0.1, 0.15) is 0 Å². The number of benzene rings is 1. The Balaban J connectivity index is 1.15. The van der Waals surface area contributed by atoms with E-state index in [0.717, 1.165) is 61.2 Å². The molecule has 2 aliphatic rings. The zero-order valence-electron chi connectivity index (χ0n) is 20.3. The second-order valence-electron chi connectivity index (χ2n) is 9.90. The predicted octanol–water partition coefficient (Wildman–Crippen LogP) is 4.27. The summed E-state index contributed by atoms with van der Waals surface area (Å²) in [5.41, 5.74) is 0.960. The molecule has 7 nitrogen and oxygen atoms in total. The van der Waals surface area contributed by atoms with Crippen LogP contribution in [0.15, 0.2) is 52.5 Å². The minimum Gasteiger partial charge on any atom is -0.367 e. The number of hydrogen-bond acceptors (Lipinski definition) is 6. The molecule has 11 heteroatoms. The summed E-state index contributed by atoms with van der Waals surface area (Å²) in [5, 5.41) is 9.34. The van der Waals surface area contributed by atoms with E-state index in [1.54, 1.807) is 36.2 Å². The van der Waals surface area contributed by atoms with Crippen LogP contribution < -0.4 is 10.5 Å². The first-order valence-corrected chi connectivity index (χ1v) is 13.0. The molecule has 192 valence electrons. The van der Waals surface area contributed by atoms with E-state index < -0.39 is 11.7 Å². The standard InChI is InChI=1S/C25H29F3N6OS/c1-24-9-12-34(19-6-4-18(5-7-19)25(26,27)28)20(24)15-33(16-24)11-3-13-36-23-31-30-22(32(23)2)17-8-10-29-21(35)14-17/h4-8,10,14,20H,3,9,11-13,15-16H2,1-2H3,(H,29,35)/t20-,24?/m0/s1. The van der Waals surface area contributed by atoms with Crippen molar-refractivity contribution in [2.75, 3.05) is 36.8 Å². The van der Waals surface area contributed by atoms with Gasteiger partial charge in [0.2, 0.25) is 5.56 Å². The highest BCUT2D eigenvalue weighted by Gasteiger charge is 2.50. The van der Waals surface area contributed by atoms with Crippen molar-refractivity contribution in [3.05, 3.63) is 58.5 Å². The number of anilines is 1. The lowest BCUT2D eigenvalue weighted by atomic mass is 9.85. The van der Waals surface area contributed by atoms with Gasteiger partial charge in [-0.3, -0.25) is 4.79 Å². The Kier molecular flexibility index (Phi) is 6.63. The van der Waals surface area contributed by atoms with E-state index in [1.165, 1.54) is 18.2 Å². The second-order valence-corrected chi connectivity index (χ2v) is 11.0. The fraction of sp³-hybridized carbons (Fsp3) is 0.480. The van der Waals surface area contributed by atoms with Crippen LogP contribution in [0.3, 0.4) is 0 Å². The number of hydrogen-bond donors (Lipinski definition) is 1. The number of halogens is 3. The molecular formula is C25H29F3N6OS. The Morgan fingerprint density at radius 3 is 2.69 bits per heavy atom. The van der Waals surface area contributed by atoms with Crippen LogP contribution in [0.2, 0.25) is 0 Å². The Hall–Kier alpha value is -2.79. The van der Waals surface area contributed by atoms with Gasteiger partial charge in [0.15, 0.2) is 11.0 Å². The smallest absolute Gasteiger partial charge is 0.367 e. The molecule has 2 atom stereocenters. The average Bonchev–Trinajstić information content (AvgIpc) is 3.46. The Morgan fingerprint density at radius 2 is 1.97 bits per heavy atom. The van der Waals surface area contributed by atoms with Crippen LogP contribution in [-0.4, -0.2) is 62.6 Å². The molecule has 0 amide bonds. The van der Waals surface area contributed by atoms with E-state index in [0.29, 0.717) is 11.9 Å². The number of pyridine rings is 1. The van der Waals surface area contributed by atoms with Gasteiger partial charge in [-0.15, -0.1) is 10.2 Å². The largest absolute Gasteiger partial charge is 0.416 e. The molecule has 2 aromatic heterocycles. The molecule has 0 aliphatic carbocycles. The van der Waals surface area contributed by atoms with E-state index in [2.05, 4.69) is 31.9 Å². The van der Waals surface area contributed by atoms with Crippen molar-refractivity contribution < 1.29 is 13.2 Å². The molecule has 0 radical (unpaired) electrons. The van der Waals surface area contributed by atoms with Crippen LogP contribution >= 0.6 is 11.8 Å². The zero-order valence-corrected chi connectivity index (χ0v) is 21.1. The van der Waals surface area contributed by atoms with Gasteiger partial charge >= 0.3 is 6.18 Å². The quantitative estimate of drug-likeness (QED) is 0.372. The molecule has 2 saturated heterocycles. The number of likely N-dealkylation sites (tertiary alicyclic amines) is 1. The molecule has 0 saturated carbocycles. The molecule has 1 unspecified atom stereocenters. The summed E-state index contributed by atoms with van der Waals surface area (Å²) >= 11 is 1.65. The third-order valence-corrected chi connectivity index (χ3v) is 8.47. The van der Waals surface area contributed by atoms with Crippen LogP contribution in [0.4, 0.5) is 18.9 Å².